The first kappa shape index (κ1) is 12.6. The van der Waals surface area contributed by atoms with Crippen molar-refractivity contribution in [3.05, 3.63) is 47.5 Å². The summed E-state index contributed by atoms with van der Waals surface area (Å²) in [5.41, 5.74) is 3.48. The molecule has 0 saturated heterocycles. The predicted octanol–water partition coefficient (Wildman–Crippen LogP) is 2.03. The van der Waals surface area contributed by atoms with Gasteiger partial charge in [0.05, 0.1) is 18.2 Å². The first-order valence-electron chi connectivity index (χ1n) is 6.03. The lowest BCUT2D eigenvalue weighted by Crippen LogP contribution is -2.08. The van der Waals surface area contributed by atoms with Crippen molar-refractivity contribution in [3.8, 4) is 5.75 Å². The molecule has 0 atom stereocenters. The average molecular weight is 245 g/mol. The lowest BCUT2D eigenvalue weighted by molar-refractivity contribution is 0.293. The molecule has 0 amide bonds. The summed E-state index contributed by atoms with van der Waals surface area (Å²) < 4.78 is 7.83. The van der Waals surface area contributed by atoms with Gasteiger partial charge in [0, 0.05) is 19.2 Å². The quantitative estimate of drug-likeness (QED) is 0.876. The van der Waals surface area contributed by atoms with Gasteiger partial charge >= 0.3 is 0 Å². The monoisotopic (exact) mass is 245 g/mol. The number of rotatable bonds is 5. The minimum absolute atomic E-state index is 0.538. The van der Waals surface area contributed by atoms with Gasteiger partial charge in [-0.2, -0.15) is 0 Å². The molecule has 0 spiro atoms. The van der Waals surface area contributed by atoms with E-state index in [1.165, 1.54) is 11.1 Å². The molecule has 0 bridgehead atoms. The summed E-state index contributed by atoms with van der Waals surface area (Å²) in [5.74, 6) is 0.927. The van der Waals surface area contributed by atoms with Crippen LogP contribution in [-0.2, 0) is 20.2 Å². The Morgan fingerprint density at radius 3 is 2.89 bits per heavy atom. The van der Waals surface area contributed by atoms with E-state index in [4.69, 9.17) is 4.74 Å². The van der Waals surface area contributed by atoms with Gasteiger partial charge in [-0.15, -0.1) is 0 Å². The zero-order valence-corrected chi connectivity index (χ0v) is 11.1. The molecule has 2 rings (SSSR count). The summed E-state index contributed by atoms with van der Waals surface area (Å²) in [7, 11) is 3.91. The van der Waals surface area contributed by atoms with Gasteiger partial charge in [-0.25, -0.2) is 4.98 Å². The fraction of sp³-hybridized carbons (Fsp3) is 0.357. The Labute approximate surface area is 108 Å². The van der Waals surface area contributed by atoms with Gasteiger partial charge in [-0.05, 0) is 20.0 Å². The molecule has 2 aromatic rings. The Hall–Kier alpha value is -1.81. The Kier molecular flexibility index (Phi) is 3.99. The fourth-order valence-electron chi connectivity index (χ4n) is 1.85. The first-order chi connectivity index (χ1) is 8.70. The van der Waals surface area contributed by atoms with Crippen LogP contribution in [0.4, 0.5) is 0 Å². The maximum absolute atomic E-state index is 5.87. The standard InChI is InChI=1S/C14H19N3O/c1-11-4-5-14(12(6-11)7-15-2)18-9-13-8-16-10-17(13)3/h4-6,8,10,15H,7,9H2,1-3H3. The molecule has 0 aliphatic heterocycles. The van der Waals surface area contributed by atoms with Crippen LogP contribution in [0.25, 0.3) is 0 Å². The van der Waals surface area contributed by atoms with E-state index in [-0.39, 0.29) is 0 Å². The van der Waals surface area contributed by atoms with Gasteiger partial charge in [-0.1, -0.05) is 17.7 Å². The van der Waals surface area contributed by atoms with E-state index >= 15 is 0 Å². The Bertz CT molecular complexity index is 520. The number of nitrogens with one attached hydrogen (secondary N) is 1. The van der Waals surface area contributed by atoms with E-state index in [1.807, 2.05) is 30.9 Å². The molecule has 1 N–H and O–H groups in total. The van der Waals surface area contributed by atoms with Crippen molar-refractivity contribution < 1.29 is 4.74 Å². The summed E-state index contributed by atoms with van der Waals surface area (Å²) in [6, 6.07) is 6.24. The van der Waals surface area contributed by atoms with Gasteiger partial charge in [-0.3, -0.25) is 0 Å². The molecule has 1 aromatic heterocycles. The van der Waals surface area contributed by atoms with Gasteiger partial charge in [0.15, 0.2) is 0 Å². The molecule has 96 valence electrons. The molecule has 4 heteroatoms. The number of hydrogen-bond acceptors (Lipinski definition) is 3. The van der Waals surface area contributed by atoms with Crippen molar-refractivity contribution in [2.75, 3.05) is 7.05 Å². The molecule has 0 aliphatic rings. The number of nitrogens with zero attached hydrogens (tertiary/aromatic N) is 2. The topological polar surface area (TPSA) is 39.1 Å². The number of aryl methyl sites for hydroxylation is 2. The molecule has 1 aromatic carbocycles. The molecular formula is C14H19N3O. The summed E-state index contributed by atoms with van der Waals surface area (Å²) in [6.45, 7) is 3.43. The van der Waals surface area contributed by atoms with Crippen molar-refractivity contribution in [2.45, 2.75) is 20.1 Å². The lowest BCUT2D eigenvalue weighted by atomic mass is 10.1. The highest BCUT2D eigenvalue weighted by Crippen LogP contribution is 2.21. The van der Waals surface area contributed by atoms with E-state index in [2.05, 4.69) is 29.4 Å². The van der Waals surface area contributed by atoms with Gasteiger partial charge < -0.3 is 14.6 Å². The van der Waals surface area contributed by atoms with Crippen LogP contribution in [0.2, 0.25) is 0 Å². The highest BCUT2D eigenvalue weighted by molar-refractivity contribution is 5.36. The van der Waals surface area contributed by atoms with Gasteiger partial charge in [0.2, 0.25) is 0 Å². The summed E-state index contributed by atoms with van der Waals surface area (Å²) in [6.07, 6.45) is 3.61. The van der Waals surface area contributed by atoms with Crippen LogP contribution in [0.15, 0.2) is 30.7 Å². The Morgan fingerprint density at radius 1 is 1.39 bits per heavy atom. The predicted molar refractivity (Wildman–Crippen MR) is 71.5 cm³/mol. The number of hydrogen-bond donors (Lipinski definition) is 1. The second-order valence-corrected chi connectivity index (χ2v) is 4.43. The minimum atomic E-state index is 0.538. The van der Waals surface area contributed by atoms with Crippen LogP contribution in [-0.4, -0.2) is 16.6 Å². The fourth-order valence-corrected chi connectivity index (χ4v) is 1.85. The third-order valence-corrected chi connectivity index (χ3v) is 2.88. The van der Waals surface area contributed by atoms with E-state index in [9.17, 15) is 0 Å². The molecular weight excluding hydrogens is 226 g/mol. The summed E-state index contributed by atoms with van der Waals surface area (Å²) >= 11 is 0. The molecule has 0 saturated carbocycles. The Balaban J connectivity index is 2.11. The lowest BCUT2D eigenvalue weighted by Gasteiger charge is -2.12. The van der Waals surface area contributed by atoms with Crippen LogP contribution >= 0.6 is 0 Å². The van der Waals surface area contributed by atoms with Gasteiger partial charge in [0.1, 0.15) is 12.4 Å². The van der Waals surface area contributed by atoms with E-state index < -0.39 is 0 Å². The second kappa shape index (κ2) is 5.69. The average Bonchev–Trinajstić information content (AvgIpc) is 2.74. The molecule has 0 unspecified atom stereocenters. The van der Waals surface area contributed by atoms with E-state index in [0.717, 1.165) is 18.0 Å². The van der Waals surface area contributed by atoms with E-state index in [1.54, 1.807) is 6.33 Å². The van der Waals surface area contributed by atoms with Crippen LogP contribution in [0.3, 0.4) is 0 Å². The van der Waals surface area contributed by atoms with Crippen molar-refractivity contribution in [3.63, 3.8) is 0 Å². The first-order valence-corrected chi connectivity index (χ1v) is 6.03. The van der Waals surface area contributed by atoms with Crippen molar-refractivity contribution >= 4 is 0 Å². The van der Waals surface area contributed by atoms with Crippen LogP contribution in [0.5, 0.6) is 5.75 Å². The molecule has 0 radical (unpaired) electrons. The third-order valence-electron chi connectivity index (χ3n) is 2.88. The maximum Gasteiger partial charge on any atom is 0.130 e. The second-order valence-electron chi connectivity index (χ2n) is 4.43. The SMILES string of the molecule is CNCc1cc(C)ccc1OCc1cncn1C. The van der Waals surface area contributed by atoms with Crippen LogP contribution < -0.4 is 10.1 Å². The molecule has 1 heterocycles. The number of aromatic nitrogens is 2. The molecule has 4 nitrogen and oxygen atoms in total. The molecule has 0 fully saturated rings. The largest absolute Gasteiger partial charge is 0.487 e. The van der Waals surface area contributed by atoms with Crippen molar-refractivity contribution in [1.82, 2.24) is 14.9 Å². The normalized spacial score (nSPS) is 10.6. The minimum Gasteiger partial charge on any atom is -0.487 e. The number of ether oxygens (including phenoxy) is 1. The van der Waals surface area contributed by atoms with Crippen molar-refractivity contribution in [1.29, 1.82) is 0 Å². The maximum atomic E-state index is 5.87. The zero-order valence-electron chi connectivity index (χ0n) is 11.1. The molecule has 18 heavy (non-hydrogen) atoms. The zero-order chi connectivity index (χ0) is 13.0. The van der Waals surface area contributed by atoms with Crippen LogP contribution in [0, 0.1) is 6.92 Å². The summed E-state index contributed by atoms with van der Waals surface area (Å²) in [5, 5.41) is 3.16. The smallest absolute Gasteiger partial charge is 0.130 e. The number of benzene rings is 1. The van der Waals surface area contributed by atoms with Crippen LogP contribution in [0.1, 0.15) is 16.8 Å². The van der Waals surface area contributed by atoms with Gasteiger partial charge in [0.25, 0.3) is 0 Å². The highest BCUT2D eigenvalue weighted by atomic mass is 16.5. The highest BCUT2D eigenvalue weighted by Gasteiger charge is 2.05. The van der Waals surface area contributed by atoms with Crippen molar-refractivity contribution in [2.24, 2.45) is 7.05 Å². The third kappa shape index (κ3) is 2.90. The molecule has 0 aliphatic carbocycles. The van der Waals surface area contributed by atoms with E-state index in [0.29, 0.717) is 6.61 Å². The summed E-state index contributed by atoms with van der Waals surface area (Å²) in [4.78, 5) is 4.08. The Morgan fingerprint density at radius 2 is 2.22 bits per heavy atom. The number of imidazole rings is 1.